The van der Waals surface area contributed by atoms with Gasteiger partial charge in [-0.1, -0.05) is 32.0 Å². The minimum Gasteiger partial charge on any atom is -0.330 e. The molecular weight excluding hydrogens is 196 g/mol. The molecule has 0 saturated heterocycles. The van der Waals surface area contributed by atoms with E-state index in [1.54, 1.807) is 0 Å². The number of para-hydroxylation sites is 1. The van der Waals surface area contributed by atoms with E-state index in [9.17, 15) is 0 Å². The molecule has 1 aliphatic rings. The van der Waals surface area contributed by atoms with Crippen molar-refractivity contribution >= 4 is 11.5 Å². The number of amidine groups is 1. The van der Waals surface area contributed by atoms with Crippen LogP contribution in [-0.2, 0) is 6.42 Å². The molecule has 1 aliphatic heterocycles. The predicted molar refractivity (Wildman–Crippen MR) is 69.3 cm³/mol. The van der Waals surface area contributed by atoms with Crippen LogP contribution in [0.4, 0.5) is 5.69 Å². The quantitative estimate of drug-likeness (QED) is 0.595. The average molecular weight is 216 g/mol. The van der Waals surface area contributed by atoms with Crippen molar-refractivity contribution in [3.63, 3.8) is 0 Å². The van der Waals surface area contributed by atoms with Crippen molar-refractivity contribution in [1.29, 1.82) is 5.41 Å². The van der Waals surface area contributed by atoms with Crippen LogP contribution in [0.15, 0.2) is 24.3 Å². The Morgan fingerprint density at radius 1 is 1.44 bits per heavy atom. The smallest absolute Gasteiger partial charge is 0.100 e. The molecule has 0 bridgehead atoms. The van der Waals surface area contributed by atoms with Crippen LogP contribution in [0, 0.1) is 11.3 Å². The van der Waals surface area contributed by atoms with Crippen LogP contribution in [0.1, 0.15) is 32.3 Å². The average Bonchev–Trinajstić information content (AvgIpc) is 2.28. The first-order chi connectivity index (χ1) is 7.72. The topological polar surface area (TPSA) is 27.1 Å². The fourth-order valence-corrected chi connectivity index (χ4v) is 2.42. The molecule has 16 heavy (non-hydrogen) atoms. The van der Waals surface area contributed by atoms with E-state index in [0.29, 0.717) is 5.92 Å². The molecule has 0 amide bonds. The molecule has 0 radical (unpaired) electrons. The van der Waals surface area contributed by atoms with Crippen LogP contribution in [-0.4, -0.2) is 12.4 Å². The molecule has 1 aromatic carbocycles. The highest BCUT2D eigenvalue weighted by molar-refractivity contribution is 5.96. The van der Waals surface area contributed by atoms with Crippen LogP contribution in [0.3, 0.4) is 0 Å². The van der Waals surface area contributed by atoms with Crippen molar-refractivity contribution in [2.24, 2.45) is 5.92 Å². The third kappa shape index (κ3) is 2.11. The Hall–Kier alpha value is -1.31. The van der Waals surface area contributed by atoms with E-state index in [1.807, 2.05) is 0 Å². The summed E-state index contributed by atoms with van der Waals surface area (Å²) in [7, 11) is 0. The number of hydrogen-bond donors (Lipinski definition) is 1. The minimum atomic E-state index is 0.645. The zero-order valence-corrected chi connectivity index (χ0v) is 10.2. The normalized spacial score (nSPS) is 19.4. The Balaban J connectivity index is 2.30. The lowest BCUT2D eigenvalue weighted by Gasteiger charge is -2.34. The minimum absolute atomic E-state index is 0.645. The largest absolute Gasteiger partial charge is 0.330 e. The summed E-state index contributed by atoms with van der Waals surface area (Å²) in [5, 5.41) is 8.13. The molecule has 0 aromatic heterocycles. The molecule has 0 fully saturated rings. The van der Waals surface area contributed by atoms with Crippen LogP contribution in [0.2, 0.25) is 0 Å². The summed E-state index contributed by atoms with van der Waals surface area (Å²) in [5.41, 5.74) is 2.64. The Morgan fingerprint density at radius 2 is 2.19 bits per heavy atom. The maximum atomic E-state index is 8.13. The second kappa shape index (κ2) is 4.69. The lowest BCUT2D eigenvalue weighted by atomic mass is 9.93. The van der Waals surface area contributed by atoms with Gasteiger partial charge in [0.1, 0.15) is 5.84 Å². The fraction of sp³-hybridized carbons (Fsp3) is 0.500. The Morgan fingerprint density at radius 3 is 2.94 bits per heavy atom. The maximum Gasteiger partial charge on any atom is 0.100 e. The highest BCUT2D eigenvalue weighted by Gasteiger charge is 2.23. The molecule has 1 aromatic rings. The summed E-state index contributed by atoms with van der Waals surface area (Å²) in [5.74, 6) is 1.41. The summed E-state index contributed by atoms with van der Waals surface area (Å²) >= 11 is 0. The fourth-order valence-electron chi connectivity index (χ4n) is 2.42. The van der Waals surface area contributed by atoms with Crippen molar-refractivity contribution < 1.29 is 0 Å². The van der Waals surface area contributed by atoms with Crippen LogP contribution in [0.25, 0.3) is 0 Å². The first kappa shape index (κ1) is 11.2. The molecule has 0 aliphatic carbocycles. The van der Waals surface area contributed by atoms with Gasteiger partial charge in [-0.2, -0.15) is 0 Å². The summed E-state index contributed by atoms with van der Waals surface area (Å²) in [4.78, 5) is 2.19. The van der Waals surface area contributed by atoms with Gasteiger partial charge in [-0.3, -0.25) is 5.41 Å². The molecule has 2 rings (SSSR count). The molecule has 0 spiro atoms. The molecule has 1 heterocycles. The van der Waals surface area contributed by atoms with Crippen molar-refractivity contribution in [2.75, 3.05) is 11.4 Å². The molecule has 2 heteroatoms. The molecule has 0 saturated carbocycles. The van der Waals surface area contributed by atoms with E-state index in [-0.39, 0.29) is 0 Å². The van der Waals surface area contributed by atoms with Crippen LogP contribution in [0.5, 0.6) is 0 Å². The van der Waals surface area contributed by atoms with Gasteiger partial charge in [0.25, 0.3) is 0 Å². The number of benzene rings is 1. The van der Waals surface area contributed by atoms with Crippen molar-refractivity contribution in [3.05, 3.63) is 29.8 Å². The second-order valence-electron chi connectivity index (χ2n) is 4.75. The maximum absolute atomic E-state index is 8.13. The van der Waals surface area contributed by atoms with Crippen molar-refractivity contribution in [3.8, 4) is 0 Å². The van der Waals surface area contributed by atoms with E-state index in [0.717, 1.165) is 31.6 Å². The van der Waals surface area contributed by atoms with Gasteiger partial charge in [-0.15, -0.1) is 0 Å². The number of nitrogens with one attached hydrogen (secondary N) is 1. The van der Waals surface area contributed by atoms with Gasteiger partial charge in [0, 0.05) is 18.7 Å². The molecule has 2 nitrogen and oxygen atoms in total. The Bertz CT molecular complexity index is 384. The van der Waals surface area contributed by atoms with Crippen molar-refractivity contribution in [1.82, 2.24) is 0 Å². The van der Waals surface area contributed by atoms with Gasteiger partial charge in [-0.25, -0.2) is 0 Å². The number of rotatable bonds is 2. The summed E-state index contributed by atoms with van der Waals surface area (Å²) < 4.78 is 0. The van der Waals surface area contributed by atoms with Gasteiger partial charge in [-0.05, 0) is 30.4 Å². The van der Waals surface area contributed by atoms with Crippen LogP contribution >= 0.6 is 0 Å². The highest BCUT2D eigenvalue weighted by atomic mass is 15.2. The Labute approximate surface area is 97.8 Å². The number of hydrogen-bond acceptors (Lipinski definition) is 1. The molecule has 1 atom stereocenters. The molecule has 86 valence electrons. The second-order valence-corrected chi connectivity index (χ2v) is 4.75. The molecule has 1 N–H and O–H groups in total. The molecule has 1 unspecified atom stereocenters. The summed E-state index contributed by atoms with van der Waals surface area (Å²) in [6.07, 6.45) is 3.07. The monoisotopic (exact) mass is 216 g/mol. The third-order valence-corrected chi connectivity index (χ3v) is 3.16. The van der Waals surface area contributed by atoms with E-state index in [4.69, 9.17) is 5.41 Å². The Kier molecular flexibility index (Phi) is 3.28. The standard InChI is InChI=1S/C14H20N2/c1-3-6-14(15)16-10-11(2)9-12-7-4-5-8-13(12)16/h4-5,7-8,11,15H,3,6,9-10H2,1-2H3. The first-order valence-corrected chi connectivity index (χ1v) is 6.15. The summed E-state index contributed by atoms with van der Waals surface area (Å²) in [6, 6.07) is 8.50. The van der Waals surface area contributed by atoms with Gasteiger partial charge in [0.15, 0.2) is 0 Å². The van der Waals surface area contributed by atoms with Gasteiger partial charge in [0.2, 0.25) is 0 Å². The number of nitrogens with zero attached hydrogens (tertiary/aromatic N) is 1. The van der Waals surface area contributed by atoms with Gasteiger partial charge in [0.05, 0.1) is 0 Å². The highest BCUT2D eigenvalue weighted by Crippen LogP contribution is 2.29. The molecular formula is C14H20N2. The van der Waals surface area contributed by atoms with E-state index < -0.39 is 0 Å². The van der Waals surface area contributed by atoms with E-state index >= 15 is 0 Å². The van der Waals surface area contributed by atoms with Crippen LogP contribution < -0.4 is 4.90 Å². The zero-order chi connectivity index (χ0) is 11.5. The van der Waals surface area contributed by atoms with Crippen molar-refractivity contribution in [2.45, 2.75) is 33.1 Å². The summed E-state index contributed by atoms with van der Waals surface area (Å²) in [6.45, 7) is 5.39. The number of anilines is 1. The van der Waals surface area contributed by atoms with Gasteiger partial charge >= 0.3 is 0 Å². The third-order valence-electron chi connectivity index (χ3n) is 3.16. The lowest BCUT2D eigenvalue weighted by Crippen LogP contribution is -2.38. The number of fused-ring (bicyclic) bond motifs is 1. The first-order valence-electron chi connectivity index (χ1n) is 6.15. The zero-order valence-electron chi connectivity index (χ0n) is 10.2. The predicted octanol–water partition coefficient (Wildman–Crippen LogP) is 3.46. The SMILES string of the molecule is CCCC(=N)N1CC(C)Cc2ccccc21. The lowest BCUT2D eigenvalue weighted by molar-refractivity contribution is 0.564. The van der Waals surface area contributed by atoms with Gasteiger partial charge < -0.3 is 4.90 Å². The van der Waals surface area contributed by atoms with E-state index in [1.165, 1.54) is 11.3 Å². The van der Waals surface area contributed by atoms with E-state index in [2.05, 4.69) is 43.0 Å².